The molecule has 2 aromatic rings. The molecule has 23 heavy (non-hydrogen) atoms. The summed E-state index contributed by atoms with van der Waals surface area (Å²) in [4.78, 5) is 15.8. The van der Waals surface area contributed by atoms with E-state index in [4.69, 9.17) is 33.1 Å². The van der Waals surface area contributed by atoms with E-state index in [-0.39, 0.29) is 27.2 Å². The smallest absolute Gasteiger partial charge is 0.338 e. The molecule has 6 nitrogen and oxygen atoms in total. The minimum atomic E-state index is -3.90. The van der Waals surface area contributed by atoms with Crippen LogP contribution in [0.25, 0.3) is 0 Å². The van der Waals surface area contributed by atoms with Gasteiger partial charge in [0.25, 0.3) is 0 Å². The van der Waals surface area contributed by atoms with E-state index in [0.29, 0.717) is 11.3 Å². The Morgan fingerprint density at radius 1 is 1.22 bits per heavy atom. The maximum absolute atomic E-state index is 12.0. The van der Waals surface area contributed by atoms with Crippen molar-refractivity contribution < 1.29 is 17.9 Å². The first kappa shape index (κ1) is 17.7. The summed E-state index contributed by atoms with van der Waals surface area (Å²) >= 11 is 11.6. The summed E-state index contributed by atoms with van der Waals surface area (Å²) in [5.74, 6) is -0.616. The Labute approximate surface area is 143 Å². The van der Waals surface area contributed by atoms with E-state index in [1.165, 1.54) is 30.3 Å². The number of primary sulfonamides is 1. The normalized spacial score (nSPS) is 11.3. The number of carbonyl (C=O) groups excluding carboxylic acids is 1. The van der Waals surface area contributed by atoms with Crippen molar-refractivity contribution in [2.75, 3.05) is 0 Å². The maximum Gasteiger partial charge on any atom is 0.338 e. The molecule has 0 saturated carbocycles. The number of carbonyl (C=O) groups is 1. The first-order valence-corrected chi connectivity index (χ1v) is 8.59. The maximum atomic E-state index is 12.0. The number of hydrogen-bond donors (Lipinski definition) is 1. The molecule has 2 N–H and O–H groups in total. The minimum absolute atomic E-state index is 0.154. The van der Waals surface area contributed by atoms with E-state index in [1.807, 2.05) is 0 Å². The fourth-order valence-corrected chi connectivity index (χ4v) is 3.03. The van der Waals surface area contributed by atoms with Crippen molar-refractivity contribution in [2.24, 2.45) is 5.14 Å². The van der Waals surface area contributed by atoms with Gasteiger partial charge in [-0.25, -0.2) is 23.3 Å². The molecule has 1 heterocycles. The van der Waals surface area contributed by atoms with Gasteiger partial charge in [-0.1, -0.05) is 23.2 Å². The number of ether oxygens (including phenoxy) is 1. The van der Waals surface area contributed by atoms with Gasteiger partial charge in [0.15, 0.2) is 0 Å². The average molecular weight is 375 g/mol. The zero-order valence-electron chi connectivity index (χ0n) is 11.9. The van der Waals surface area contributed by atoms with Gasteiger partial charge in [0.1, 0.15) is 11.8 Å². The first-order chi connectivity index (χ1) is 10.6. The number of nitrogens with two attached hydrogens (primary N) is 1. The lowest BCUT2D eigenvalue weighted by molar-refractivity contribution is 0.0472. The minimum Gasteiger partial charge on any atom is -0.457 e. The molecule has 0 saturated heterocycles. The molecule has 2 rings (SSSR count). The van der Waals surface area contributed by atoms with E-state index < -0.39 is 16.0 Å². The number of halogens is 2. The van der Waals surface area contributed by atoms with Crippen molar-refractivity contribution >= 4 is 39.2 Å². The zero-order chi connectivity index (χ0) is 17.2. The Hall–Kier alpha value is -1.67. The average Bonchev–Trinajstić information content (AvgIpc) is 2.42. The fourth-order valence-electron chi connectivity index (χ4n) is 1.85. The lowest BCUT2D eigenvalue weighted by Gasteiger charge is -2.08. The van der Waals surface area contributed by atoms with Crippen LogP contribution in [-0.2, 0) is 21.4 Å². The second kappa shape index (κ2) is 6.84. The molecule has 0 spiro atoms. The predicted octanol–water partition coefficient (Wildman–Crippen LogP) is 2.70. The lowest BCUT2D eigenvalue weighted by atomic mass is 10.2. The molecule has 1 aromatic heterocycles. The lowest BCUT2D eigenvalue weighted by Crippen LogP contribution is -2.13. The quantitative estimate of drug-likeness (QED) is 0.654. The molecule has 0 bridgehead atoms. The van der Waals surface area contributed by atoms with Gasteiger partial charge in [0.05, 0.1) is 10.5 Å². The van der Waals surface area contributed by atoms with Crippen LogP contribution in [0.4, 0.5) is 0 Å². The highest BCUT2D eigenvalue weighted by Gasteiger charge is 2.13. The van der Waals surface area contributed by atoms with E-state index in [0.717, 1.165) is 0 Å². The van der Waals surface area contributed by atoms with Crippen LogP contribution in [0.1, 0.15) is 21.6 Å². The molecule has 0 aliphatic carbocycles. The Balaban J connectivity index is 2.17. The van der Waals surface area contributed by atoms with Gasteiger partial charge < -0.3 is 4.74 Å². The second-order valence-electron chi connectivity index (χ2n) is 4.74. The summed E-state index contributed by atoms with van der Waals surface area (Å²) in [6.45, 7) is 1.53. The second-order valence-corrected chi connectivity index (χ2v) is 7.12. The number of sulfonamides is 1. The fraction of sp³-hybridized carbons (Fsp3) is 0.143. The molecule has 0 aliphatic heterocycles. The van der Waals surface area contributed by atoms with Gasteiger partial charge >= 0.3 is 5.97 Å². The van der Waals surface area contributed by atoms with Crippen LogP contribution in [-0.4, -0.2) is 19.4 Å². The number of nitrogens with zero attached hydrogens (tertiary/aromatic N) is 1. The van der Waals surface area contributed by atoms with Crippen molar-refractivity contribution in [3.8, 4) is 0 Å². The summed E-state index contributed by atoms with van der Waals surface area (Å²) in [7, 11) is -3.90. The highest BCUT2D eigenvalue weighted by atomic mass is 35.5. The monoisotopic (exact) mass is 374 g/mol. The van der Waals surface area contributed by atoms with Crippen LogP contribution in [0.15, 0.2) is 35.2 Å². The number of pyridine rings is 1. The number of benzene rings is 1. The summed E-state index contributed by atoms with van der Waals surface area (Å²) in [6.07, 6.45) is 0. The van der Waals surface area contributed by atoms with E-state index >= 15 is 0 Å². The van der Waals surface area contributed by atoms with Crippen LogP contribution in [0, 0.1) is 6.92 Å². The van der Waals surface area contributed by atoms with Crippen LogP contribution < -0.4 is 5.14 Å². The van der Waals surface area contributed by atoms with Crippen LogP contribution >= 0.6 is 23.2 Å². The Bertz CT molecular complexity index is 849. The highest BCUT2D eigenvalue weighted by Crippen LogP contribution is 2.19. The van der Waals surface area contributed by atoms with E-state index in [9.17, 15) is 13.2 Å². The topological polar surface area (TPSA) is 99.4 Å². The molecule has 0 unspecified atom stereocenters. The first-order valence-electron chi connectivity index (χ1n) is 6.29. The Morgan fingerprint density at radius 3 is 2.52 bits per heavy atom. The van der Waals surface area contributed by atoms with Crippen LogP contribution in [0.2, 0.25) is 10.2 Å². The van der Waals surface area contributed by atoms with E-state index in [1.54, 1.807) is 6.92 Å². The van der Waals surface area contributed by atoms with E-state index in [2.05, 4.69) is 4.98 Å². The molecule has 1 aromatic carbocycles. The molecule has 122 valence electrons. The van der Waals surface area contributed by atoms with Gasteiger partial charge in [0.2, 0.25) is 10.0 Å². The number of aromatic nitrogens is 1. The molecule has 0 radical (unpaired) electrons. The number of hydrogen-bond acceptors (Lipinski definition) is 5. The number of esters is 1. The van der Waals surface area contributed by atoms with Gasteiger partial charge in [-0.2, -0.15) is 0 Å². The molecular formula is C14H12Cl2N2O4S. The summed E-state index contributed by atoms with van der Waals surface area (Å²) in [5.41, 5.74) is 1.21. The largest absolute Gasteiger partial charge is 0.457 e. The molecule has 0 atom stereocenters. The summed E-state index contributed by atoms with van der Waals surface area (Å²) in [5, 5.41) is 5.41. The zero-order valence-corrected chi connectivity index (χ0v) is 14.2. The van der Waals surface area contributed by atoms with Gasteiger partial charge in [-0.3, -0.25) is 0 Å². The van der Waals surface area contributed by atoms with Crippen molar-refractivity contribution in [3.05, 3.63) is 57.3 Å². The Kier molecular flexibility index (Phi) is 5.26. The van der Waals surface area contributed by atoms with Crippen molar-refractivity contribution in [1.29, 1.82) is 0 Å². The molecule has 0 amide bonds. The van der Waals surface area contributed by atoms with Gasteiger partial charge in [0, 0.05) is 10.7 Å². The van der Waals surface area contributed by atoms with Crippen LogP contribution in [0.3, 0.4) is 0 Å². The number of aryl methyl sites for hydroxylation is 1. The van der Waals surface area contributed by atoms with Crippen LogP contribution in [0.5, 0.6) is 0 Å². The van der Waals surface area contributed by atoms with Gasteiger partial charge in [-0.15, -0.1) is 0 Å². The van der Waals surface area contributed by atoms with Crippen molar-refractivity contribution in [3.63, 3.8) is 0 Å². The highest BCUT2D eigenvalue weighted by molar-refractivity contribution is 7.89. The standard InChI is InChI=1S/C14H12Cl2N2O4S/c1-8-2-10(5-13(16)18-8)14(19)22-7-9-3-11(15)6-12(4-9)23(17,20)21/h2-6H,7H2,1H3,(H2,17,20,21). The SMILES string of the molecule is Cc1cc(C(=O)OCc2cc(Cl)cc(S(N)(=O)=O)c2)cc(Cl)n1. The number of rotatable bonds is 4. The molecule has 9 heteroatoms. The predicted molar refractivity (Wildman–Crippen MR) is 85.9 cm³/mol. The van der Waals surface area contributed by atoms with Crippen molar-refractivity contribution in [1.82, 2.24) is 4.98 Å². The molecule has 0 fully saturated rings. The third kappa shape index (κ3) is 4.90. The third-order valence-electron chi connectivity index (χ3n) is 2.79. The molecular weight excluding hydrogens is 363 g/mol. The summed E-state index contributed by atoms with van der Waals surface area (Å²) in [6, 6.07) is 6.90. The molecule has 0 aliphatic rings. The summed E-state index contributed by atoms with van der Waals surface area (Å²) < 4.78 is 27.9. The van der Waals surface area contributed by atoms with Gasteiger partial charge in [-0.05, 0) is 42.8 Å². The Morgan fingerprint density at radius 2 is 1.91 bits per heavy atom. The van der Waals surface area contributed by atoms with Crippen molar-refractivity contribution in [2.45, 2.75) is 18.4 Å². The third-order valence-corrected chi connectivity index (χ3v) is 4.09.